The second-order valence-corrected chi connectivity index (χ2v) is 7.55. The van der Waals surface area contributed by atoms with Gasteiger partial charge in [-0.2, -0.15) is 0 Å². The molecule has 0 saturated carbocycles. The van der Waals surface area contributed by atoms with Gasteiger partial charge in [-0.05, 0) is 41.7 Å². The maximum atomic E-state index is 12.7. The Labute approximate surface area is 172 Å². The van der Waals surface area contributed by atoms with E-state index in [1.54, 1.807) is 36.4 Å². The molecule has 6 nitrogen and oxygen atoms in total. The maximum absolute atomic E-state index is 12.7. The highest BCUT2D eigenvalue weighted by molar-refractivity contribution is 7.03. The zero-order chi connectivity index (χ0) is 20.1. The number of aromatic nitrogens is 2. The number of anilines is 1. The van der Waals surface area contributed by atoms with Crippen molar-refractivity contribution >= 4 is 40.6 Å². The minimum atomic E-state index is -0.703. The molecule has 1 heterocycles. The van der Waals surface area contributed by atoms with E-state index in [0.29, 0.717) is 16.3 Å². The van der Waals surface area contributed by atoms with Crippen molar-refractivity contribution in [2.24, 2.45) is 5.92 Å². The first kappa shape index (κ1) is 20.0. The fraction of sp³-hybridized carbons (Fsp3) is 0.200. The Morgan fingerprint density at radius 1 is 1.07 bits per heavy atom. The van der Waals surface area contributed by atoms with Crippen LogP contribution in [0.2, 0.25) is 5.02 Å². The van der Waals surface area contributed by atoms with Gasteiger partial charge in [-0.1, -0.05) is 54.2 Å². The molecule has 1 aromatic heterocycles. The van der Waals surface area contributed by atoms with Crippen LogP contribution in [0.25, 0.3) is 11.3 Å². The van der Waals surface area contributed by atoms with Gasteiger partial charge < -0.3 is 10.6 Å². The molecule has 1 atom stereocenters. The van der Waals surface area contributed by atoms with E-state index in [4.69, 9.17) is 11.6 Å². The highest BCUT2D eigenvalue weighted by Crippen LogP contribution is 2.21. The summed E-state index contributed by atoms with van der Waals surface area (Å²) in [5.41, 5.74) is 2.67. The lowest BCUT2D eigenvalue weighted by Gasteiger charge is -2.22. The van der Waals surface area contributed by atoms with Gasteiger partial charge in [0, 0.05) is 16.6 Å². The Bertz CT molecular complexity index is 959. The molecule has 0 bridgehead atoms. The highest BCUT2D eigenvalue weighted by atomic mass is 35.5. The Morgan fingerprint density at radius 2 is 1.79 bits per heavy atom. The summed E-state index contributed by atoms with van der Waals surface area (Å²) in [6.45, 7) is 3.74. The lowest BCUT2D eigenvalue weighted by atomic mass is 10.0. The lowest BCUT2D eigenvalue weighted by molar-refractivity contribution is -0.118. The summed E-state index contributed by atoms with van der Waals surface area (Å²) >= 11 is 7.36. The number of carbonyl (C=O) groups is 2. The summed E-state index contributed by atoms with van der Waals surface area (Å²) in [4.78, 5) is 25.3. The molecule has 0 fully saturated rings. The number of hydrogen-bond acceptors (Lipinski definition) is 5. The topological polar surface area (TPSA) is 84.0 Å². The molecule has 2 N–H and O–H groups in total. The van der Waals surface area contributed by atoms with Gasteiger partial charge in [0.1, 0.15) is 11.7 Å². The quantitative estimate of drug-likeness (QED) is 0.631. The van der Waals surface area contributed by atoms with E-state index >= 15 is 0 Å². The minimum absolute atomic E-state index is 0.105. The van der Waals surface area contributed by atoms with E-state index in [2.05, 4.69) is 20.2 Å². The molecule has 2 aromatic carbocycles. The molecule has 3 aromatic rings. The first-order valence-corrected chi connectivity index (χ1v) is 9.91. The van der Waals surface area contributed by atoms with Gasteiger partial charge in [0.2, 0.25) is 5.91 Å². The van der Waals surface area contributed by atoms with Crippen LogP contribution >= 0.6 is 23.1 Å². The number of amides is 2. The molecule has 144 valence electrons. The maximum Gasteiger partial charge on any atom is 0.253 e. The molecular formula is C20H19ClN4O2S. The number of carbonyl (C=O) groups excluding carboxylic acids is 2. The van der Waals surface area contributed by atoms with Crippen LogP contribution < -0.4 is 10.6 Å². The van der Waals surface area contributed by atoms with Gasteiger partial charge in [-0.25, -0.2) is 0 Å². The zero-order valence-electron chi connectivity index (χ0n) is 15.3. The van der Waals surface area contributed by atoms with Crippen LogP contribution in [0.1, 0.15) is 24.2 Å². The summed E-state index contributed by atoms with van der Waals surface area (Å²) in [5.74, 6) is -0.781. The summed E-state index contributed by atoms with van der Waals surface area (Å²) < 4.78 is 3.84. The van der Waals surface area contributed by atoms with E-state index in [1.807, 2.05) is 31.4 Å². The van der Waals surface area contributed by atoms with Crippen LogP contribution in [0.5, 0.6) is 0 Å². The normalized spacial score (nSPS) is 11.9. The monoisotopic (exact) mass is 414 g/mol. The Kier molecular flexibility index (Phi) is 6.38. The molecule has 0 aliphatic carbocycles. The number of hydrogen-bond donors (Lipinski definition) is 2. The Morgan fingerprint density at radius 3 is 2.39 bits per heavy atom. The minimum Gasteiger partial charge on any atom is -0.340 e. The van der Waals surface area contributed by atoms with Gasteiger partial charge in [0.05, 0.1) is 10.6 Å². The second kappa shape index (κ2) is 8.95. The molecular weight excluding hydrogens is 396 g/mol. The van der Waals surface area contributed by atoms with Crippen molar-refractivity contribution in [3.63, 3.8) is 0 Å². The first-order valence-electron chi connectivity index (χ1n) is 8.69. The predicted molar refractivity (Wildman–Crippen MR) is 112 cm³/mol. The molecule has 28 heavy (non-hydrogen) atoms. The molecule has 8 heteroatoms. The highest BCUT2D eigenvalue weighted by Gasteiger charge is 2.25. The van der Waals surface area contributed by atoms with Crippen LogP contribution in [0.3, 0.4) is 0 Å². The Hall–Kier alpha value is -2.77. The zero-order valence-corrected chi connectivity index (χ0v) is 16.9. The molecule has 0 radical (unpaired) electrons. The number of nitrogens with one attached hydrogen (secondary N) is 2. The van der Waals surface area contributed by atoms with Crippen LogP contribution in [-0.2, 0) is 4.79 Å². The van der Waals surface area contributed by atoms with Crippen molar-refractivity contribution in [2.75, 3.05) is 5.32 Å². The SMILES string of the molecule is CC(C)C(NC(=O)c1ccccc1Cl)C(=O)Nc1ccc(-c2csnn2)cc1. The third-order valence-corrected chi connectivity index (χ3v) is 5.00. The number of rotatable bonds is 6. The van der Waals surface area contributed by atoms with E-state index < -0.39 is 6.04 Å². The van der Waals surface area contributed by atoms with E-state index in [9.17, 15) is 9.59 Å². The Balaban J connectivity index is 1.69. The predicted octanol–water partition coefficient (Wildman–Crippen LogP) is 4.25. The molecule has 2 amide bonds. The van der Waals surface area contributed by atoms with E-state index in [-0.39, 0.29) is 17.7 Å². The van der Waals surface area contributed by atoms with Crippen molar-refractivity contribution in [1.82, 2.24) is 14.9 Å². The summed E-state index contributed by atoms with van der Waals surface area (Å²) in [7, 11) is 0. The third-order valence-electron chi connectivity index (χ3n) is 4.16. The standard InChI is InChI=1S/C20H19ClN4O2S/c1-12(2)18(23-19(26)15-5-3-4-6-16(15)21)20(27)22-14-9-7-13(8-10-14)17-11-28-25-24-17/h3-12,18H,1-2H3,(H,22,27)(H,23,26). The number of halogens is 1. The van der Waals surface area contributed by atoms with Crippen LogP contribution in [0, 0.1) is 5.92 Å². The van der Waals surface area contributed by atoms with E-state index in [1.165, 1.54) is 11.5 Å². The molecule has 3 rings (SSSR count). The van der Waals surface area contributed by atoms with Gasteiger partial charge in [0.15, 0.2) is 0 Å². The lowest BCUT2D eigenvalue weighted by Crippen LogP contribution is -2.47. The molecule has 0 aliphatic heterocycles. The van der Waals surface area contributed by atoms with Gasteiger partial charge in [-0.15, -0.1) is 5.10 Å². The molecule has 0 aliphatic rings. The van der Waals surface area contributed by atoms with Gasteiger partial charge >= 0.3 is 0 Å². The smallest absolute Gasteiger partial charge is 0.253 e. The summed E-state index contributed by atoms with van der Waals surface area (Å²) in [6.07, 6.45) is 0. The van der Waals surface area contributed by atoms with Crippen molar-refractivity contribution < 1.29 is 9.59 Å². The van der Waals surface area contributed by atoms with Crippen LogP contribution in [0.15, 0.2) is 53.9 Å². The second-order valence-electron chi connectivity index (χ2n) is 6.53. The van der Waals surface area contributed by atoms with Crippen LogP contribution in [-0.4, -0.2) is 27.4 Å². The fourth-order valence-electron chi connectivity index (χ4n) is 2.63. The van der Waals surface area contributed by atoms with Gasteiger partial charge in [-0.3, -0.25) is 9.59 Å². The van der Waals surface area contributed by atoms with Crippen molar-refractivity contribution in [3.05, 3.63) is 64.5 Å². The fourth-order valence-corrected chi connectivity index (χ4v) is 3.32. The molecule has 1 unspecified atom stereocenters. The first-order chi connectivity index (χ1) is 13.5. The molecule has 0 spiro atoms. The van der Waals surface area contributed by atoms with Crippen molar-refractivity contribution in [3.8, 4) is 11.3 Å². The average Bonchev–Trinajstić information content (AvgIpc) is 3.21. The number of nitrogens with zero attached hydrogens (tertiary/aromatic N) is 2. The van der Waals surface area contributed by atoms with Crippen LogP contribution in [0.4, 0.5) is 5.69 Å². The van der Waals surface area contributed by atoms with Crippen molar-refractivity contribution in [1.29, 1.82) is 0 Å². The molecule has 0 saturated heterocycles. The largest absolute Gasteiger partial charge is 0.340 e. The third kappa shape index (κ3) is 4.74. The van der Waals surface area contributed by atoms with E-state index in [0.717, 1.165) is 11.3 Å². The average molecular weight is 415 g/mol. The number of benzene rings is 2. The summed E-state index contributed by atoms with van der Waals surface area (Å²) in [5, 5.41) is 11.8. The summed E-state index contributed by atoms with van der Waals surface area (Å²) in [6, 6.07) is 13.3. The van der Waals surface area contributed by atoms with Gasteiger partial charge in [0.25, 0.3) is 5.91 Å². The van der Waals surface area contributed by atoms with Crippen molar-refractivity contribution in [2.45, 2.75) is 19.9 Å².